The summed E-state index contributed by atoms with van der Waals surface area (Å²) >= 11 is 0. The number of nitrogens with one attached hydrogen (secondary N) is 1. The molecule has 0 saturated carbocycles. The van der Waals surface area contributed by atoms with E-state index in [1.54, 1.807) is 24.3 Å². The van der Waals surface area contributed by atoms with Crippen LogP contribution in [0.25, 0.3) is 10.8 Å². The first-order valence-electron chi connectivity index (χ1n) is 8.41. The second kappa shape index (κ2) is 8.15. The highest BCUT2D eigenvalue weighted by Gasteiger charge is 2.20. The number of phenols is 2. The van der Waals surface area contributed by atoms with Crippen molar-refractivity contribution in [3.05, 3.63) is 69.8 Å². The van der Waals surface area contributed by atoms with Gasteiger partial charge in [0.05, 0.1) is 16.2 Å². The minimum Gasteiger partial charge on any atom is -0.507 e. The molecule has 0 aliphatic carbocycles. The number of non-ortho nitro benzene ring substituents is 1. The SMILES string of the molecule is N#Cc1cc([N+](=O)[O-])ccc1NC(=O)COC(=O)c1cc(O)c2ccccc2c1O. The summed E-state index contributed by atoms with van der Waals surface area (Å²) in [5.74, 6) is -2.51. The zero-order valence-electron chi connectivity index (χ0n) is 15.2. The van der Waals surface area contributed by atoms with Gasteiger partial charge in [-0.1, -0.05) is 24.3 Å². The van der Waals surface area contributed by atoms with Crippen LogP contribution in [0.5, 0.6) is 11.5 Å². The van der Waals surface area contributed by atoms with Crippen LogP contribution in [0, 0.1) is 21.4 Å². The number of amides is 1. The van der Waals surface area contributed by atoms with Gasteiger partial charge in [0, 0.05) is 22.9 Å². The quantitative estimate of drug-likeness (QED) is 0.251. The molecule has 0 atom stereocenters. The maximum absolute atomic E-state index is 12.3. The number of nitro benzene ring substituents is 1. The predicted octanol–water partition coefficient (Wildman–Crippen LogP) is 2.83. The molecule has 0 unspecified atom stereocenters. The summed E-state index contributed by atoms with van der Waals surface area (Å²) < 4.78 is 4.87. The van der Waals surface area contributed by atoms with Gasteiger partial charge in [-0.05, 0) is 12.1 Å². The molecule has 0 bridgehead atoms. The molecule has 0 aliphatic rings. The minimum atomic E-state index is -1.05. The maximum atomic E-state index is 12.3. The van der Waals surface area contributed by atoms with Crippen LogP contribution in [0.4, 0.5) is 11.4 Å². The van der Waals surface area contributed by atoms with Crippen molar-refractivity contribution in [1.29, 1.82) is 5.26 Å². The van der Waals surface area contributed by atoms with E-state index in [9.17, 15) is 29.9 Å². The van der Waals surface area contributed by atoms with Crippen molar-refractivity contribution in [2.75, 3.05) is 11.9 Å². The maximum Gasteiger partial charge on any atom is 0.342 e. The molecular weight excluding hydrogens is 394 g/mol. The fourth-order valence-electron chi connectivity index (χ4n) is 2.74. The fraction of sp³-hybridized carbons (Fsp3) is 0.0500. The third-order valence-electron chi connectivity index (χ3n) is 4.16. The van der Waals surface area contributed by atoms with Crippen LogP contribution in [0.1, 0.15) is 15.9 Å². The average Bonchev–Trinajstić information content (AvgIpc) is 2.74. The van der Waals surface area contributed by atoms with Gasteiger partial charge in [0.15, 0.2) is 6.61 Å². The molecular formula is C20H13N3O7. The lowest BCUT2D eigenvalue weighted by Gasteiger charge is -2.11. The van der Waals surface area contributed by atoms with Crippen LogP contribution >= 0.6 is 0 Å². The highest BCUT2D eigenvalue weighted by Crippen LogP contribution is 2.35. The van der Waals surface area contributed by atoms with Gasteiger partial charge in [-0.3, -0.25) is 14.9 Å². The molecule has 0 radical (unpaired) electrons. The van der Waals surface area contributed by atoms with Crippen LogP contribution in [0.15, 0.2) is 48.5 Å². The number of nitrogens with zero attached hydrogens (tertiary/aromatic N) is 2. The van der Waals surface area contributed by atoms with E-state index in [1.165, 1.54) is 12.1 Å². The number of esters is 1. The van der Waals surface area contributed by atoms with Crippen molar-refractivity contribution in [3.63, 3.8) is 0 Å². The molecule has 0 aliphatic heterocycles. The van der Waals surface area contributed by atoms with Gasteiger partial charge in [-0.15, -0.1) is 0 Å². The summed E-state index contributed by atoms with van der Waals surface area (Å²) in [6.07, 6.45) is 0. The highest BCUT2D eigenvalue weighted by atomic mass is 16.6. The van der Waals surface area contributed by atoms with E-state index in [2.05, 4.69) is 5.32 Å². The van der Waals surface area contributed by atoms with Gasteiger partial charge in [-0.25, -0.2) is 4.79 Å². The Balaban J connectivity index is 1.72. The molecule has 10 heteroatoms. The summed E-state index contributed by atoms with van der Waals surface area (Å²) in [4.78, 5) is 34.4. The Hall–Kier alpha value is -4.65. The normalized spacial score (nSPS) is 10.2. The molecule has 3 rings (SSSR count). The molecule has 3 aromatic carbocycles. The van der Waals surface area contributed by atoms with Crippen molar-refractivity contribution >= 4 is 34.0 Å². The number of hydrogen-bond acceptors (Lipinski definition) is 8. The van der Waals surface area contributed by atoms with E-state index in [1.807, 2.05) is 0 Å². The van der Waals surface area contributed by atoms with Gasteiger partial charge in [0.25, 0.3) is 11.6 Å². The van der Waals surface area contributed by atoms with Gasteiger partial charge in [0.2, 0.25) is 0 Å². The Morgan fingerprint density at radius 1 is 1.13 bits per heavy atom. The van der Waals surface area contributed by atoms with Crippen LogP contribution in [0.3, 0.4) is 0 Å². The summed E-state index contributed by atoms with van der Waals surface area (Å²) in [7, 11) is 0. The Morgan fingerprint density at radius 2 is 1.83 bits per heavy atom. The van der Waals surface area contributed by atoms with E-state index in [-0.39, 0.29) is 33.6 Å². The third kappa shape index (κ3) is 3.95. The predicted molar refractivity (Wildman–Crippen MR) is 104 cm³/mol. The van der Waals surface area contributed by atoms with Crippen molar-refractivity contribution in [1.82, 2.24) is 0 Å². The number of hydrogen-bond donors (Lipinski definition) is 3. The second-order valence-corrected chi connectivity index (χ2v) is 6.06. The number of anilines is 1. The zero-order chi connectivity index (χ0) is 21.8. The lowest BCUT2D eigenvalue weighted by Crippen LogP contribution is -2.21. The standard InChI is InChI=1S/C20H13N3O7/c21-9-11-7-12(23(28)29)5-6-16(11)22-18(25)10-30-20(27)15-8-17(24)13-3-1-2-4-14(13)19(15)26/h1-8,24,26H,10H2,(H,22,25). The molecule has 0 spiro atoms. The molecule has 0 saturated heterocycles. The molecule has 0 heterocycles. The van der Waals surface area contributed by atoms with Gasteiger partial charge in [-0.2, -0.15) is 5.26 Å². The van der Waals surface area contributed by atoms with E-state index in [4.69, 9.17) is 10.00 Å². The number of carbonyl (C=O) groups is 2. The third-order valence-corrected chi connectivity index (χ3v) is 4.16. The van der Waals surface area contributed by atoms with E-state index >= 15 is 0 Å². The van der Waals surface area contributed by atoms with Crippen molar-refractivity contribution in [2.45, 2.75) is 0 Å². The minimum absolute atomic E-state index is 0.00958. The Kier molecular flexibility index (Phi) is 5.46. The Bertz CT molecular complexity index is 1230. The first-order chi connectivity index (χ1) is 14.3. The number of benzene rings is 3. The molecule has 30 heavy (non-hydrogen) atoms. The highest BCUT2D eigenvalue weighted by molar-refractivity contribution is 6.04. The number of fused-ring (bicyclic) bond motifs is 1. The molecule has 10 nitrogen and oxygen atoms in total. The number of carbonyl (C=O) groups excluding carboxylic acids is 2. The van der Waals surface area contributed by atoms with Crippen molar-refractivity contribution in [2.24, 2.45) is 0 Å². The van der Waals surface area contributed by atoms with Crippen LogP contribution in [-0.2, 0) is 9.53 Å². The van der Waals surface area contributed by atoms with Crippen LogP contribution < -0.4 is 5.32 Å². The molecule has 3 aromatic rings. The second-order valence-electron chi connectivity index (χ2n) is 6.06. The number of phenolic OH excluding ortho intramolecular Hbond substituents is 2. The van der Waals surface area contributed by atoms with Crippen LogP contribution in [-0.4, -0.2) is 33.6 Å². The lowest BCUT2D eigenvalue weighted by atomic mass is 10.0. The first-order valence-corrected chi connectivity index (χ1v) is 8.41. The summed E-state index contributed by atoms with van der Waals surface area (Å²) in [5, 5.41) is 43.1. The van der Waals surface area contributed by atoms with E-state index in [0.29, 0.717) is 5.39 Å². The van der Waals surface area contributed by atoms with Gasteiger partial charge < -0.3 is 20.3 Å². The Morgan fingerprint density at radius 3 is 2.50 bits per heavy atom. The zero-order valence-corrected chi connectivity index (χ0v) is 15.2. The number of nitriles is 1. The Labute approximate surface area is 168 Å². The molecule has 0 aromatic heterocycles. The average molecular weight is 407 g/mol. The number of nitro groups is 1. The number of rotatable bonds is 5. The van der Waals surface area contributed by atoms with Gasteiger partial charge >= 0.3 is 5.97 Å². The molecule has 0 fully saturated rings. The lowest BCUT2D eigenvalue weighted by molar-refractivity contribution is -0.384. The first kappa shape index (κ1) is 20.1. The van der Waals surface area contributed by atoms with Crippen molar-refractivity contribution in [3.8, 4) is 17.6 Å². The summed E-state index contributed by atoms with van der Waals surface area (Å²) in [6.45, 7) is -0.756. The van der Waals surface area contributed by atoms with Crippen molar-refractivity contribution < 1.29 is 29.5 Å². The smallest absolute Gasteiger partial charge is 0.342 e. The topological polar surface area (TPSA) is 163 Å². The summed E-state index contributed by atoms with van der Waals surface area (Å²) in [5.41, 5.74) is -0.772. The molecule has 150 valence electrons. The molecule has 3 N–H and O–H groups in total. The fourth-order valence-corrected chi connectivity index (χ4v) is 2.74. The monoisotopic (exact) mass is 407 g/mol. The number of ether oxygens (including phenoxy) is 1. The molecule has 1 amide bonds. The van der Waals surface area contributed by atoms with Gasteiger partial charge in [0.1, 0.15) is 23.1 Å². The van der Waals surface area contributed by atoms with E-state index in [0.717, 1.165) is 18.2 Å². The van der Waals surface area contributed by atoms with E-state index < -0.39 is 29.2 Å². The largest absolute Gasteiger partial charge is 0.507 e. The van der Waals surface area contributed by atoms with Crippen LogP contribution in [0.2, 0.25) is 0 Å². The summed E-state index contributed by atoms with van der Waals surface area (Å²) in [6, 6.07) is 12.4. The number of aromatic hydroxyl groups is 2.